The average Bonchev–Trinajstić information content (AvgIpc) is 2.81. The molecule has 4 rings (SSSR count). The predicted octanol–water partition coefficient (Wildman–Crippen LogP) is 4.99. The summed E-state index contributed by atoms with van der Waals surface area (Å²) >= 11 is 0. The van der Waals surface area contributed by atoms with Crippen LogP contribution in [0.4, 0.5) is 0 Å². The highest BCUT2D eigenvalue weighted by Gasteiger charge is 2.47. The number of benzene rings is 2. The van der Waals surface area contributed by atoms with Crippen LogP contribution >= 0.6 is 0 Å². The molecule has 0 aliphatic carbocycles. The second kappa shape index (κ2) is 9.88. The molecule has 6 nitrogen and oxygen atoms in total. The van der Waals surface area contributed by atoms with Crippen LogP contribution in [-0.2, 0) is 13.1 Å². The molecule has 2 heterocycles. The number of nitrogens with zero attached hydrogens (tertiary/aromatic N) is 2. The molecular weight excluding hydrogens is 428 g/mol. The molecule has 1 atom stereocenters. The van der Waals surface area contributed by atoms with Crippen molar-refractivity contribution in [1.82, 2.24) is 9.80 Å². The lowest BCUT2D eigenvalue weighted by Gasteiger charge is -2.55. The van der Waals surface area contributed by atoms with Gasteiger partial charge in [0.1, 0.15) is 0 Å². The number of rotatable bonds is 7. The molecule has 2 aromatic rings. The van der Waals surface area contributed by atoms with Gasteiger partial charge in [0.05, 0.1) is 11.1 Å². The summed E-state index contributed by atoms with van der Waals surface area (Å²) in [6.07, 6.45) is 4.77. The van der Waals surface area contributed by atoms with Gasteiger partial charge in [-0.25, -0.2) is 9.59 Å². The van der Waals surface area contributed by atoms with Crippen LogP contribution < -0.4 is 0 Å². The van der Waals surface area contributed by atoms with E-state index in [1.54, 1.807) is 24.3 Å². The van der Waals surface area contributed by atoms with E-state index in [9.17, 15) is 9.59 Å². The zero-order chi connectivity index (χ0) is 24.3. The smallest absolute Gasteiger partial charge is 0.335 e. The molecule has 6 heteroatoms. The van der Waals surface area contributed by atoms with Crippen LogP contribution in [0.5, 0.6) is 0 Å². The van der Waals surface area contributed by atoms with E-state index in [-0.39, 0.29) is 10.8 Å². The first kappa shape index (κ1) is 24.4. The zero-order valence-corrected chi connectivity index (χ0v) is 20.3. The molecule has 2 saturated heterocycles. The predicted molar refractivity (Wildman–Crippen MR) is 132 cm³/mol. The number of piperidine rings is 2. The first-order chi connectivity index (χ1) is 16.2. The van der Waals surface area contributed by atoms with Crippen molar-refractivity contribution in [1.29, 1.82) is 0 Å². The standard InChI is InChI=1S/C28H36N2O4/c1-27(13-16-29(17-14-27)18-21-4-8-23(9-5-21)25(31)32)28(2)12-3-15-30(20-28)19-22-6-10-24(11-7-22)26(33)34/h4-11H,3,12-20H2,1-2H3,(H,31,32)(H,33,34). The first-order valence-corrected chi connectivity index (χ1v) is 12.3. The molecule has 0 radical (unpaired) electrons. The molecule has 0 bridgehead atoms. The van der Waals surface area contributed by atoms with Gasteiger partial charge in [-0.15, -0.1) is 0 Å². The van der Waals surface area contributed by atoms with Gasteiger partial charge in [-0.05, 0) is 91.5 Å². The molecule has 0 spiro atoms. The third kappa shape index (κ3) is 5.34. The van der Waals surface area contributed by atoms with Crippen LogP contribution in [0.15, 0.2) is 48.5 Å². The maximum Gasteiger partial charge on any atom is 0.335 e. The number of carboxylic acids is 2. The molecule has 2 aromatic carbocycles. The van der Waals surface area contributed by atoms with Crippen molar-refractivity contribution in [3.63, 3.8) is 0 Å². The van der Waals surface area contributed by atoms with E-state index in [0.29, 0.717) is 11.1 Å². The Bertz CT molecular complexity index is 1010. The molecule has 2 aliphatic rings. The minimum Gasteiger partial charge on any atom is -0.478 e. The fraction of sp³-hybridized carbons (Fsp3) is 0.500. The third-order valence-electron chi connectivity index (χ3n) is 8.41. The molecule has 0 saturated carbocycles. The summed E-state index contributed by atoms with van der Waals surface area (Å²) in [6.45, 7) is 10.9. The quantitative estimate of drug-likeness (QED) is 0.601. The Kier molecular flexibility index (Phi) is 7.10. The summed E-state index contributed by atoms with van der Waals surface area (Å²) in [4.78, 5) is 27.2. The topological polar surface area (TPSA) is 81.1 Å². The van der Waals surface area contributed by atoms with Gasteiger partial charge >= 0.3 is 11.9 Å². The van der Waals surface area contributed by atoms with E-state index in [4.69, 9.17) is 10.2 Å². The Morgan fingerprint density at radius 1 is 0.706 bits per heavy atom. The van der Waals surface area contributed by atoms with Gasteiger partial charge in [0.15, 0.2) is 0 Å². The fourth-order valence-corrected chi connectivity index (χ4v) is 5.80. The number of hydrogen-bond donors (Lipinski definition) is 2. The zero-order valence-electron chi connectivity index (χ0n) is 20.3. The lowest BCUT2D eigenvalue weighted by atomic mass is 9.57. The fourth-order valence-electron chi connectivity index (χ4n) is 5.80. The molecule has 34 heavy (non-hydrogen) atoms. The van der Waals surface area contributed by atoms with Gasteiger partial charge in [0, 0.05) is 19.6 Å². The Labute approximate surface area is 202 Å². The van der Waals surface area contributed by atoms with Gasteiger partial charge in [-0.1, -0.05) is 38.1 Å². The second-order valence-electron chi connectivity index (χ2n) is 10.7. The highest BCUT2D eigenvalue weighted by Crippen LogP contribution is 2.51. The van der Waals surface area contributed by atoms with Crippen LogP contribution in [0.2, 0.25) is 0 Å². The molecule has 2 N–H and O–H groups in total. The van der Waals surface area contributed by atoms with Crippen LogP contribution in [0.25, 0.3) is 0 Å². The maximum atomic E-state index is 11.1. The van der Waals surface area contributed by atoms with Crippen LogP contribution in [0, 0.1) is 10.8 Å². The molecule has 0 amide bonds. The molecule has 2 aliphatic heterocycles. The van der Waals surface area contributed by atoms with Crippen molar-refractivity contribution in [2.24, 2.45) is 10.8 Å². The van der Waals surface area contributed by atoms with Crippen molar-refractivity contribution < 1.29 is 19.8 Å². The van der Waals surface area contributed by atoms with Crippen molar-refractivity contribution >= 4 is 11.9 Å². The largest absolute Gasteiger partial charge is 0.478 e. The van der Waals surface area contributed by atoms with E-state index < -0.39 is 11.9 Å². The molecular formula is C28H36N2O4. The highest BCUT2D eigenvalue weighted by molar-refractivity contribution is 5.87. The van der Waals surface area contributed by atoms with Crippen molar-refractivity contribution in [3.05, 3.63) is 70.8 Å². The number of aromatic carboxylic acids is 2. The summed E-state index contributed by atoms with van der Waals surface area (Å²) in [5.74, 6) is -1.76. The molecule has 1 unspecified atom stereocenters. The number of carbonyl (C=O) groups is 2. The van der Waals surface area contributed by atoms with Crippen LogP contribution in [0.1, 0.15) is 71.4 Å². The van der Waals surface area contributed by atoms with Gasteiger partial charge in [0.2, 0.25) is 0 Å². The maximum absolute atomic E-state index is 11.1. The Morgan fingerprint density at radius 2 is 1.18 bits per heavy atom. The van der Waals surface area contributed by atoms with Gasteiger partial charge in [-0.2, -0.15) is 0 Å². The Balaban J connectivity index is 1.34. The number of likely N-dealkylation sites (tertiary alicyclic amines) is 2. The summed E-state index contributed by atoms with van der Waals surface area (Å²) in [5.41, 5.74) is 3.54. The van der Waals surface area contributed by atoms with Crippen LogP contribution in [0.3, 0.4) is 0 Å². The van der Waals surface area contributed by atoms with Gasteiger partial charge in [-0.3, -0.25) is 9.80 Å². The second-order valence-corrected chi connectivity index (χ2v) is 10.7. The first-order valence-electron chi connectivity index (χ1n) is 12.3. The Morgan fingerprint density at radius 3 is 1.65 bits per heavy atom. The van der Waals surface area contributed by atoms with E-state index >= 15 is 0 Å². The lowest BCUT2D eigenvalue weighted by Crippen LogP contribution is -2.53. The third-order valence-corrected chi connectivity index (χ3v) is 8.41. The molecule has 0 aromatic heterocycles. The van der Waals surface area contributed by atoms with E-state index in [2.05, 4.69) is 23.6 Å². The van der Waals surface area contributed by atoms with E-state index in [0.717, 1.165) is 57.7 Å². The van der Waals surface area contributed by atoms with Crippen molar-refractivity contribution in [2.75, 3.05) is 26.2 Å². The minimum absolute atomic E-state index is 0.251. The number of hydrogen-bond acceptors (Lipinski definition) is 4. The van der Waals surface area contributed by atoms with Crippen LogP contribution in [-0.4, -0.2) is 58.1 Å². The Hall–Kier alpha value is -2.70. The number of carboxylic acid groups (broad SMARTS) is 2. The molecule has 182 valence electrons. The molecule has 2 fully saturated rings. The van der Waals surface area contributed by atoms with E-state index in [1.807, 2.05) is 24.3 Å². The monoisotopic (exact) mass is 464 g/mol. The van der Waals surface area contributed by atoms with Crippen molar-refractivity contribution in [2.45, 2.75) is 52.6 Å². The van der Waals surface area contributed by atoms with Gasteiger partial charge in [0.25, 0.3) is 0 Å². The van der Waals surface area contributed by atoms with Gasteiger partial charge < -0.3 is 10.2 Å². The summed E-state index contributed by atoms with van der Waals surface area (Å²) in [5, 5.41) is 18.2. The van der Waals surface area contributed by atoms with E-state index in [1.165, 1.54) is 18.4 Å². The SMILES string of the molecule is CC1(C2(C)CCCN(Cc3ccc(C(=O)O)cc3)C2)CCN(Cc2ccc(C(=O)O)cc2)CC1. The lowest BCUT2D eigenvalue weighted by molar-refractivity contribution is -0.0532. The summed E-state index contributed by atoms with van der Waals surface area (Å²) in [6, 6.07) is 14.5. The summed E-state index contributed by atoms with van der Waals surface area (Å²) in [7, 11) is 0. The highest BCUT2D eigenvalue weighted by atomic mass is 16.4. The minimum atomic E-state index is -0.882. The van der Waals surface area contributed by atoms with Crippen molar-refractivity contribution in [3.8, 4) is 0 Å². The summed E-state index contributed by atoms with van der Waals surface area (Å²) < 4.78 is 0. The average molecular weight is 465 g/mol. The normalized spacial score (nSPS) is 23.5.